The third-order valence-electron chi connectivity index (χ3n) is 3.01. The lowest BCUT2D eigenvalue weighted by Gasteiger charge is -2.27. The molecule has 1 amide bonds. The Hall–Kier alpha value is -1.91. The SMILES string of the molecule is CCCC1Nc2cc(OC)c(OC)cc2NC1=O. The predicted octanol–water partition coefficient (Wildman–Crippen LogP) is 2.24. The number of nitrogens with one attached hydrogen (secondary N) is 2. The predicted molar refractivity (Wildman–Crippen MR) is 70.5 cm³/mol. The number of fused-ring (bicyclic) bond motifs is 1. The third-order valence-corrected chi connectivity index (χ3v) is 3.01. The Bertz CT molecular complexity index is 460. The highest BCUT2D eigenvalue weighted by Gasteiger charge is 2.26. The second-order valence-electron chi connectivity index (χ2n) is 4.23. The number of rotatable bonds is 4. The van der Waals surface area contributed by atoms with Gasteiger partial charge in [-0.1, -0.05) is 13.3 Å². The van der Waals surface area contributed by atoms with Gasteiger partial charge in [-0.2, -0.15) is 0 Å². The molecule has 18 heavy (non-hydrogen) atoms. The van der Waals surface area contributed by atoms with Gasteiger partial charge in [0.2, 0.25) is 5.91 Å². The van der Waals surface area contributed by atoms with Crippen molar-refractivity contribution in [2.75, 3.05) is 24.9 Å². The van der Waals surface area contributed by atoms with Crippen LogP contribution < -0.4 is 20.1 Å². The Kier molecular flexibility index (Phi) is 3.60. The molecular formula is C13H18N2O3. The molecule has 2 N–H and O–H groups in total. The van der Waals surface area contributed by atoms with Crippen molar-refractivity contribution in [2.45, 2.75) is 25.8 Å². The summed E-state index contributed by atoms with van der Waals surface area (Å²) in [6.45, 7) is 2.05. The van der Waals surface area contributed by atoms with E-state index < -0.39 is 0 Å². The largest absolute Gasteiger partial charge is 0.493 e. The number of benzene rings is 1. The van der Waals surface area contributed by atoms with E-state index in [2.05, 4.69) is 17.6 Å². The van der Waals surface area contributed by atoms with Crippen LogP contribution in [0.1, 0.15) is 19.8 Å². The van der Waals surface area contributed by atoms with Crippen molar-refractivity contribution in [3.05, 3.63) is 12.1 Å². The minimum Gasteiger partial charge on any atom is -0.493 e. The molecule has 0 spiro atoms. The molecule has 1 heterocycles. The Morgan fingerprint density at radius 3 is 2.33 bits per heavy atom. The summed E-state index contributed by atoms with van der Waals surface area (Å²) in [5.41, 5.74) is 1.59. The first-order chi connectivity index (χ1) is 8.69. The van der Waals surface area contributed by atoms with Crippen LogP contribution in [0.3, 0.4) is 0 Å². The van der Waals surface area contributed by atoms with E-state index in [1.165, 1.54) is 0 Å². The van der Waals surface area contributed by atoms with Gasteiger partial charge in [0.05, 0.1) is 25.6 Å². The maximum Gasteiger partial charge on any atom is 0.246 e. The van der Waals surface area contributed by atoms with E-state index in [1.807, 2.05) is 6.07 Å². The average Bonchev–Trinajstić information content (AvgIpc) is 2.38. The molecule has 1 aliphatic rings. The maximum atomic E-state index is 11.9. The molecule has 1 atom stereocenters. The monoisotopic (exact) mass is 250 g/mol. The normalized spacial score (nSPS) is 17.5. The van der Waals surface area contributed by atoms with Gasteiger partial charge in [0, 0.05) is 12.1 Å². The molecule has 1 aromatic rings. The zero-order valence-electron chi connectivity index (χ0n) is 10.9. The molecule has 0 aromatic heterocycles. The molecule has 0 aliphatic carbocycles. The fourth-order valence-electron chi connectivity index (χ4n) is 2.07. The number of ether oxygens (including phenoxy) is 2. The molecule has 2 rings (SSSR count). The molecule has 0 radical (unpaired) electrons. The molecule has 1 aliphatic heterocycles. The van der Waals surface area contributed by atoms with E-state index in [4.69, 9.17) is 9.47 Å². The Labute approximate surface area is 106 Å². The molecule has 0 saturated heterocycles. The first-order valence-corrected chi connectivity index (χ1v) is 6.03. The number of hydrogen-bond acceptors (Lipinski definition) is 4. The van der Waals surface area contributed by atoms with Crippen LogP contribution in [0, 0.1) is 0 Å². The summed E-state index contributed by atoms with van der Waals surface area (Å²) in [7, 11) is 3.16. The number of hydrogen-bond donors (Lipinski definition) is 2. The van der Waals surface area contributed by atoms with Crippen LogP contribution in [-0.4, -0.2) is 26.2 Å². The number of anilines is 2. The first-order valence-electron chi connectivity index (χ1n) is 6.03. The molecule has 1 aromatic carbocycles. The van der Waals surface area contributed by atoms with Crippen molar-refractivity contribution in [1.82, 2.24) is 0 Å². The maximum absolute atomic E-state index is 11.9. The van der Waals surface area contributed by atoms with E-state index >= 15 is 0 Å². The quantitative estimate of drug-likeness (QED) is 0.860. The molecule has 0 bridgehead atoms. The highest BCUT2D eigenvalue weighted by atomic mass is 16.5. The third kappa shape index (κ3) is 2.20. The van der Waals surface area contributed by atoms with E-state index in [-0.39, 0.29) is 11.9 Å². The van der Waals surface area contributed by atoms with Gasteiger partial charge in [-0.25, -0.2) is 0 Å². The highest BCUT2D eigenvalue weighted by molar-refractivity contribution is 6.03. The number of methoxy groups -OCH3 is 2. The van der Waals surface area contributed by atoms with E-state index in [9.17, 15) is 4.79 Å². The highest BCUT2D eigenvalue weighted by Crippen LogP contribution is 2.38. The van der Waals surface area contributed by atoms with Crippen LogP contribution in [0.15, 0.2) is 12.1 Å². The Morgan fingerprint density at radius 1 is 1.17 bits per heavy atom. The topological polar surface area (TPSA) is 59.6 Å². The zero-order chi connectivity index (χ0) is 13.1. The van der Waals surface area contributed by atoms with E-state index in [1.54, 1.807) is 20.3 Å². The minimum atomic E-state index is -0.180. The van der Waals surface area contributed by atoms with Crippen molar-refractivity contribution < 1.29 is 14.3 Å². The second-order valence-corrected chi connectivity index (χ2v) is 4.23. The van der Waals surface area contributed by atoms with Crippen LogP contribution >= 0.6 is 0 Å². The van der Waals surface area contributed by atoms with Crippen LogP contribution in [0.4, 0.5) is 11.4 Å². The summed E-state index contributed by atoms with van der Waals surface area (Å²) in [5, 5.41) is 6.11. The van der Waals surface area contributed by atoms with Crippen LogP contribution in [0.5, 0.6) is 11.5 Å². The van der Waals surface area contributed by atoms with E-state index in [0.29, 0.717) is 11.5 Å². The van der Waals surface area contributed by atoms with Crippen molar-refractivity contribution in [3.63, 3.8) is 0 Å². The zero-order valence-corrected chi connectivity index (χ0v) is 10.9. The standard InChI is InChI=1S/C13H18N2O3/c1-4-5-8-13(16)15-10-7-12(18-3)11(17-2)6-9(10)14-8/h6-8,14H,4-5H2,1-3H3,(H,15,16). The fourth-order valence-corrected chi connectivity index (χ4v) is 2.07. The van der Waals surface area contributed by atoms with Crippen LogP contribution in [0.25, 0.3) is 0 Å². The molecule has 5 nitrogen and oxygen atoms in total. The van der Waals surface area contributed by atoms with Crippen molar-refractivity contribution in [1.29, 1.82) is 0 Å². The van der Waals surface area contributed by atoms with Crippen molar-refractivity contribution >= 4 is 17.3 Å². The molecule has 0 saturated carbocycles. The second kappa shape index (κ2) is 5.16. The Balaban J connectivity index is 2.34. The van der Waals surface area contributed by atoms with Gasteiger partial charge in [-0.3, -0.25) is 4.79 Å². The number of carbonyl (C=O) groups excluding carboxylic acids is 1. The molecule has 98 valence electrons. The van der Waals surface area contributed by atoms with Gasteiger partial charge in [0.1, 0.15) is 6.04 Å². The summed E-state index contributed by atoms with van der Waals surface area (Å²) in [4.78, 5) is 11.9. The van der Waals surface area contributed by atoms with Crippen molar-refractivity contribution in [2.24, 2.45) is 0 Å². The van der Waals surface area contributed by atoms with Gasteiger partial charge in [-0.05, 0) is 6.42 Å². The van der Waals surface area contributed by atoms with Gasteiger partial charge in [-0.15, -0.1) is 0 Å². The first kappa shape index (κ1) is 12.5. The smallest absolute Gasteiger partial charge is 0.246 e. The number of carbonyl (C=O) groups is 1. The van der Waals surface area contributed by atoms with Gasteiger partial charge < -0.3 is 20.1 Å². The summed E-state index contributed by atoms with van der Waals surface area (Å²) < 4.78 is 10.5. The van der Waals surface area contributed by atoms with Crippen molar-refractivity contribution in [3.8, 4) is 11.5 Å². The average molecular weight is 250 g/mol. The van der Waals surface area contributed by atoms with Gasteiger partial charge >= 0.3 is 0 Å². The lowest BCUT2D eigenvalue weighted by molar-refractivity contribution is -0.117. The van der Waals surface area contributed by atoms with Crippen LogP contribution in [0.2, 0.25) is 0 Å². The van der Waals surface area contributed by atoms with Crippen LogP contribution in [-0.2, 0) is 4.79 Å². The van der Waals surface area contributed by atoms with Gasteiger partial charge in [0.25, 0.3) is 0 Å². The van der Waals surface area contributed by atoms with E-state index in [0.717, 1.165) is 24.2 Å². The Morgan fingerprint density at radius 2 is 1.78 bits per heavy atom. The summed E-state index contributed by atoms with van der Waals surface area (Å²) in [6, 6.07) is 3.43. The molecular weight excluding hydrogens is 232 g/mol. The van der Waals surface area contributed by atoms with Gasteiger partial charge in [0.15, 0.2) is 11.5 Å². The molecule has 1 unspecified atom stereocenters. The summed E-state index contributed by atoms with van der Waals surface area (Å²) in [6.07, 6.45) is 1.76. The summed E-state index contributed by atoms with van der Waals surface area (Å²) >= 11 is 0. The lowest BCUT2D eigenvalue weighted by atomic mass is 10.1. The number of amides is 1. The summed E-state index contributed by atoms with van der Waals surface area (Å²) in [5.74, 6) is 1.25. The molecule has 0 fully saturated rings. The minimum absolute atomic E-state index is 0.00318. The fraction of sp³-hybridized carbons (Fsp3) is 0.462. The molecule has 5 heteroatoms. The lowest BCUT2D eigenvalue weighted by Crippen LogP contribution is -2.38.